The zero-order valence-corrected chi connectivity index (χ0v) is 12.2. The van der Waals surface area contributed by atoms with Crippen LogP contribution in [0.4, 0.5) is 18.9 Å². The number of amides is 1. The van der Waals surface area contributed by atoms with Crippen molar-refractivity contribution in [2.75, 3.05) is 5.32 Å². The summed E-state index contributed by atoms with van der Waals surface area (Å²) in [5, 5.41) is 2.62. The molecule has 0 radical (unpaired) electrons. The summed E-state index contributed by atoms with van der Waals surface area (Å²) in [6.07, 6.45) is -4.12. The Morgan fingerprint density at radius 3 is 2.41 bits per heavy atom. The van der Waals surface area contributed by atoms with E-state index in [1.54, 1.807) is 0 Å². The zero-order valence-electron chi connectivity index (χ0n) is 11.4. The van der Waals surface area contributed by atoms with Crippen LogP contribution in [0.2, 0.25) is 0 Å². The third-order valence-corrected chi connectivity index (χ3v) is 4.74. The third-order valence-electron chi connectivity index (χ3n) is 3.41. The smallest absolute Gasteiger partial charge is 0.325 e. The van der Waals surface area contributed by atoms with Gasteiger partial charge in [0.15, 0.2) is 0 Å². The Bertz CT molecular complexity index is 697. The number of hydrogen-bond donors (Lipinski definition) is 1. The lowest BCUT2D eigenvalue weighted by Crippen LogP contribution is -2.12. The Labute approximate surface area is 129 Å². The summed E-state index contributed by atoms with van der Waals surface area (Å²) in [5.74, 6) is -0.137. The standard InChI is InChI=1S/C16H12F3NOS/c17-16(18,19)11-7-5-10(6-8-11)14-9-15(21)20-12-3-1-2-4-13(12)22-14/h1-8,14H,9H2,(H,20,21)/t14-/m0/s1. The van der Waals surface area contributed by atoms with Crippen LogP contribution >= 0.6 is 11.8 Å². The molecule has 3 rings (SSSR count). The van der Waals surface area contributed by atoms with Crippen molar-refractivity contribution in [3.63, 3.8) is 0 Å². The normalized spacial score (nSPS) is 18.3. The number of nitrogens with one attached hydrogen (secondary N) is 1. The highest BCUT2D eigenvalue weighted by Gasteiger charge is 2.31. The van der Waals surface area contributed by atoms with Gasteiger partial charge in [0.25, 0.3) is 0 Å². The molecule has 114 valence electrons. The number of para-hydroxylation sites is 1. The molecule has 2 nitrogen and oxygen atoms in total. The van der Waals surface area contributed by atoms with Crippen molar-refractivity contribution in [2.24, 2.45) is 0 Å². The molecule has 2 aromatic rings. The molecule has 1 aliphatic heterocycles. The van der Waals surface area contributed by atoms with E-state index in [4.69, 9.17) is 0 Å². The van der Waals surface area contributed by atoms with Gasteiger partial charge in [0, 0.05) is 16.6 Å². The lowest BCUT2D eigenvalue weighted by atomic mass is 10.1. The van der Waals surface area contributed by atoms with Gasteiger partial charge in [0.2, 0.25) is 5.91 Å². The highest BCUT2D eigenvalue weighted by molar-refractivity contribution is 7.99. The van der Waals surface area contributed by atoms with E-state index in [0.29, 0.717) is 5.56 Å². The van der Waals surface area contributed by atoms with Gasteiger partial charge < -0.3 is 5.32 Å². The second-order valence-corrected chi connectivity index (χ2v) is 6.22. The number of halogens is 3. The van der Waals surface area contributed by atoms with Gasteiger partial charge in [-0.1, -0.05) is 24.3 Å². The minimum atomic E-state index is -4.35. The number of carbonyl (C=O) groups excluding carboxylic acids is 1. The van der Waals surface area contributed by atoms with Gasteiger partial charge in [-0.05, 0) is 29.8 Å². The number of alkyl halides is 3. The summed E-state index contributed by atoms with van der Waals surface area (Å²) >= 11 is 1.48. The first-order valence-electron chi connectivity index (χ1n) is 6.66. The average Bonchev–Trinajstić information content (AvgIpc) is 2.64. The van der Waals surface area contributed by atoms with Gasteiger partial charge in [0.1, 0.15) is 0 Å². The topological polar surface area (TPSA) is 29.1 Å². The number of benzene rings is 2. The largest absolute Gasteiger partial charge is 0.416 e. The van der Waals surface area contributed by atoms with Crippen LogP contribution in [-0.2, 0) is 11.0 Å². The maximum atomic E-state index is 12.6. The molecular weight excluding hydrogens is 311 g/mol. The van der Waals surface area contributed by atoms with E-state index in [9.17, 15) is 18.0 Å². The fourth-order valence-corrected chi connectivity index (χ4v) is 3.55. The van der Waals surface area contributed by atoms with Crippen LogP contribution < -0.4 is 5.32 Å². The maximum absolute atomic E-state index is 12.6. The highest BCUT2D eigenvalue weighted by Crippen LogP contribution is 2.43. The summed E-state index contributed by atoms with van der Waals surface area (Å²) in [5.41, 5.74) is 0.775. The predicted octanol–water partition coefficient (Wildman–Crippen LogP) is 4.88. The highest BCUT2D eigenvalue weighted by atomic mass is 32.2. The molecule has 0 aromatic heterocycles. The molecule has 6 heteroatoms. The van der Waals surface area contributed by atoms with E-state index in [-0.39, 0.29) is 17.6 Å². The summed E-state index contributed by atoms with van der Waals surface area (Å²) < 4.78 is 37.8. The van der Waals surface area contributed by atoms with E-state index in [2.05, 4.69) is 5.32 Å². The van der Waals surface area contributed by atoms with Crippen LogP contribution in [0.5, 0.6) is 0 Å². The quantitative estimate of drug-likeness (QED) is 0.810. The number of thioether (sulfide) groups is 1. The van der Waals surface area contributed by atoms with Crippen molar-refractivity contribution in [3.05, 3.63) is 59.7 Å². The van der Waals surface area contributed by atoms with Crippen molar-refractivity contribution in [3.8, 4) is 0 Å². The first-order chi connectivity index (χ1) is 10.4. The zero-order chi connectivity index (χ0) is 15.7. The minimum absolute atomic E-state index is 0.137. The number of fused-ring (bicyclic) bond motifs is 1. The average molecular weight is 323 g/mol. The Balaban J connectivity index is 1.90. The minimum Gasteiger partial charge on any atom is -0.325 e. The second kappa shape index (κ2) is 5.68. The lowest BCUT2D eigenvalue weighted by molar-refractivity contribution is -0.137. The SMILES string of the molecule is O=C1C[C@@H](c2ccc(C(F)(F)F)cc2)Sc2ccccc2N1. The van der Waals surface area contributed by atoms with Crippen LogP contribution in [0, 0.1) is 0 Å². The van der Waals surface area contributed by atoms with Crippen molar-refractivity contribution in [1.29, 1.82) is 0 Å². The van der Waals surface area contributed by atoms with Crippen LogP contribution in [0.3, 0.4) is 0 Å². The Hall–Kier alpha value is -1.95. The number of carbonyl (C=O) groups is 1. The van der Waals surface area contributed by atoms with E-state index < -0.39 is 11.7 Å². The Morgan fingerprint density at radius 1 is 1.05 bits per heavy atom. The Morgan fingerprint density at radius 2 is 1.73 bits per heavy atom. The first kappa shape index (κ1) is 15.0. The van der Waals surface area contributed by atoms with Gasteiger partial charge in [-0.25, -0.2) is 0 Å². The number of hydrogen-bond acceptors (Lipinski definition) is 2. The van der Waals surface area contributed by atoms with E-state index in [1.165, 1.54) is 23.9 Å². The maximum Gasteiger partial charge on any atom is 0.416 e. The number of anilines is 1. The van der Waals surface area contributed by atoms with Crippen molar-refractivity contribution < 1.29 is 18.0 Å². The van der Waals surface area contributed by atoms with Crippen LogP contribution in [0.15, 0.2) is 53.4 Å². The summed E-state index contributed by atoms with van der Waals surface area (Å²) in [6, 6.07) is 12.4. The Kier molecular flexibility index (Phi) is 3.87. The molecule has 0 spiro atoms. The fourth-order valence-electron chi connectivity index (χ4n) is 2.31. The molecule has 22 heavy (non-hydrogen) atoms. The molecule has 1 atom stereocenters. The van der Waals surface area contributed by atoms with Crippen molar-refractivity contribution >= 4 is 23.4 Å². The van der Waals surface area contributed by atoms with Gasteiger partial charge >= 0.3 is 6.18 Å². The number of rotatable bonds is 1. The molecule has 0 saturated carbocycles. The lowest BCUT2D eigenvalue weighted by Gasteiger charge is -2.15. The summed E-state index contributed by atoms with van der Waals surface area (Å²) in [4.78, 5) is 12.9. The monoisotopic (exact) mass is 323 g/mol. The van der Waals surface area contributed by atoms with E-state index >= 15 is 0 Å². The van der Waals surface area contributed by atoms with Gasteiger partial charge in [-0.2, -0.15) is 13.2 Å². The van der Waals surface area contributed by atoms with Gasteiger partial charge in [0.05, 0.1) is 11.3 Å². The van der Waals surface area contributed by atoms with Crippen molar-refractivity contribution in [1.82, 2.24) is 0 Å². The van der Waals surface area contributed by atoms with Crippen LogP contribution in [0.1, 0.15) is 22.8 Å². The van der Waals surface area contributed by atoms with Gasteiger partial charge in [-0.3, -0.25) is 4.79 Å². The molecule has 0 fully saturated rings. The van der Waals surface area contributed by atoms with E-state index in [1.807, 2.05) is 24.3 Å². The van der Waals surface area contributed by atoms with E-state index in [0.717, 1.165) is 22.7 Å². The summed E-state index contributed by atoms with van der Waals surface area (Å²) in [7, 11) is 0. The molecule has 1 aliphatic rings. The molecule has 0 unspecified atom stereocenters. The fraction of sp³-hybridized carbons (Fsp3) is 0.188. The summed E-state index contributed by atoms with van der Waals surface area (Å²) in [6.45, 7) is 0. The molecule has 0 aliphatic carbocycles. The molecule has 0 bridgehead atoms. The first-order valence-corrected chi connectivity index (χ1v) is 7.54. The van der Waals surface area contributed by atoms with Gasteiger partial charge in [-0.15, -0.1) is 11.8 Å². The molecule has 2 aromatic carbocycles. The van der Waals surface area contributed by atoms with Crippen LogP contribution in [0.25, 0.3) is 0 Å². The molecule has 0 saturated heterocycles. The molecule has 1 amide bonds. The molecule has 1 N–H and O–H groups in total. The van der Waals surface area contributed by atoms with Crippen molar-refractivity contribution in [2.45, 2.75) is 22.7 Å². The third kappa shape index (κ3) is 3.11. The molecular formula is C16H12F3NOS. The molecule has 1 heterocycles. The predicted molar refractivity (Wildman–Crippen MR) is 79.7 cm³/mol. The van der Waals surface area contributed by atoms with Crippen LogP contribution in [-0.4, -0.2) is 5.91 Å². The second-order valence-electron chi connectivity index (χ2n) is 4.97.